The fourth-order valence-electron chi connectivity index (χ4n) is 4.66. The summed E-state index contributed by atoms with van der Waals surface area (Å²) in [6.45, 7) is 1.52. The second-order valence-electron chi connectivity index (χ2n) is 8.57. The molecule has 0 saturated heterocycles. The number of carbonyl (C=O) groups excluding carboxylic acids is 2. The van der Waals surface area contributed by atoms with E-state index in [-0.39, 0.29) is 6.42 Å². The molecule has 0 saturated carbocycles. The van der Waals surface area contributed by atoms with Crippen molar-refractivity contribution in [1.29, 1.82) is 0 Å². The maximum Gasteiger partial charge on any atom is 0.323 e. The summed E-state index contributed by atoms with van der Waals surface area (Å²) in [5.74, 6) is -1.33. The van der Waals surface area contributed by atoms with Crippen LogP contribution in [-0.4, -0.2) is 35.7 Å². The molecule has 1 heterocycles. The lowest BCUT2D eigenvalue weighted by molar-refractivity contribution is -0.167. The summed E-state index contributed by atoms with van der Waals surface area (Å²) in [5.41, 5.74) is 1.45. The Labute approximate surface area is 205 Å². The van der Waals surface area contributed by atoms with E-state index in [1.165, 1.54) is 21.1 Å². The Hall–Kier alpha value is -4.19. The van der Waals surface area contributed by atoms with Crippen molar-refractivity contribution in [3.8, 4) is 0 Å². The van der Waals surface area contributed by atoms with E-state index in [9.17, 15) is 9.59 Å². The molecule has 0 unspecified atom stereocenters. The van der Waals surface area contributed by atoms with Crippen LogP contribution >= 0.6 is 0 Å². The number of hydrogen-bond donors (Lipinski definition) is 0. The first kappa shape index (κ1) is 24.0. The molecular formula is C29H28N2O4. The van der Waals surface area contributed by atoms with Gasteiger partial charge < -0.3 is 14.0 Å². The van der Waals surface area contributed by atoms with Crippen LogP contribution in [0.2, 0.25) is 0 Å². The van der Waals surface area contributed by atoms with Crippen molar-refractivity contribution in [2.24, 2.45) is 5.41 Å². The quantitative estimate of drug-likeness (QED) is 0.214. The minimum Gasteiger partial charge on any atom is -0.468 e. The molecular weight excluding hydrogens is 440 g/mol. The number of hydrogen-bond acceptors (Lipinski definition) is 5. The highest BCUT2D eigenvalue weighted by atomic mass is 16.5. The number of nitrogens with zero attached hydrogens (tertiary/aromatic N) is 2. The lowest BCUT2D eigenvalue weighted by Gasteiger charge is -2.37. The number of imidazole rings is 1. The molecule has 3 aromatic carbocycles. The molecule has 0 radical (unpaired) electrons. The highest BCUT2D eigenvalue weighted by Crippen LogP contribution is 2.41. The minimum atomic E-state index is -1.52. The van der Waals surface area contributed by atoms with Crippen LogP contribution in [0, 0.1) is 5.41 Å². The fraction of sp³-hybridized carbons (Fsp3) is 0.207. The van der Waals surface area contributed by atoms with E-state index in [4.69, 9.17) is 9.47 Å². The van der Waals surface area contributed by atoms with Crippen molar-refractivity contribution in [1.82, 2.24) is 9.55 Å². The van der Waals surface area contributed by atoms with Gasteiger partial charge in [-0.1, -0.05) is 91.0 Å². The van der Waals surface area contributed by atoms with Gasteiger partial charge in [-0.2, -0.15) is 0 Å². The van der Waals surface area contributed by atoms with Crippen LogP contribution in [0.15, 0.2) is 104 Å². The SMILES string of the molecule is COC(=O)C(C)(Cc1cn(C(c2ccccc2)(c2ccccc2)c2ccccc2)cn1)C(=O)OC. The van der Waals surface area contributed by atoms with E-state index in [1.54, 1.807) is 6.33 Å². The van der Waals surface area contributed by atoms with Gasteiger partial charge in [-0.25, -0.2) is 4.98 Å². The zero-order chi connectivity index (χ0) is 24.9. The Morgan fingerprint density at radius 1 is 0.743 bits per heavy atom. The van der Waals surface area contributed by atoms with Crippen LogP contribution in [0.25, 0.3) is 0 Å². The Morgan fingerprint density at radius 2 is 1.14 bits per heavy atom. The number of rotatable bonds is 8. The van der Waals surface area contributed by atoms with Crippen molar-refractivity contribution in [2.45, 2.75) is 18.9 Å². The van der Waals surface area contributed by atoms with Crippen molar-refractivity contribution in [3.05, 3.63) is 126 Å². The molecule has 4 aromatic rings. The summed E-state index contributed by atoms with van der Waals surface area (Å²) in [7, 11) is 2.51. The predicted octanol–water partition coefficient (Wildman–Crippen LogP) is 4.62. The highest BCUT2D eigenvalue weighted by molar-refractivity contribution is 5.99. The van der Waals surface area contributed by atoms with E-state index < -0.39 is 22.9 Å². The molecule has 0 aliphatic carbocycles. The van der Waals surface area contributed by atoms with Crippen molar-refractivity contribution in [3.63, 3.8) is 0 Å². The van der Waals surface area contributed by atoms with E-state index in [1.807, 2.05) is 65.4 Å². The van der Waals surface area contributed by atoms with Gasteiger partial charge in [0.1, 0.15) is 5.54 Å². The maximum absolute atomic E-state index is 12.5. The van der Waals surface area contributed by atoms with Crippen LogP contribution in [0.5, 0.6) is 0 Å². The van der Waals surface area contributed by atoms with Crippen LogP contribution in [0.3, 0.4) is 0 Å². The van der Waals surface area contributed by atoms with Gasteiger partial charge >= 0.3 is 11.9 Å². The van der Waals surface area contributed by atoms with Crippen LogP contribution < -0.4 is 0 Å². The normalized spacial score (nSPS) is 11.6. The molecule has 0 spiro atoms. The number of carbonyl (C=O) groups is 2. The molecule has 0 amide bonds. The average Bonchev–Trinajstić information content (AvgIpc) is 3.38. The molecule has 0 aliphatic rings. The standard InChI is InChI=1S/C29H28N2O4/c1-28(26(32)34-2,27(33)35-3)19-25-20-31(21-30-25)29(22-13-7-4-8-14-22,23-15-9-5-10-16-23)24-17-11-6-12-18-24/h4-18,20-21H,19H2,1-3H3. The lowest BCUT2D eigenvalue weighted by Crippen LogP contribution is -2.40. The molecule has 1 aromatic heterocycles. The van der Waals surface area contributed by atoms with Gasteiger partial charge in [0.15, 0.2) is 5.41 Å². The molecule has 0 N–H and O–H groups in total. The van der Waals surface area contributed by atoms with Crippen molar-refractivity contribution in [2.75, 3.05) is 14.2 Å². The third-order valence-corrected chi connectivity index (χ3v) is 6.40. The number of ether oxygens (including phenoxy) is 2. The topological polar surface area (TPSA) is 70.4 Å². The van der Waals surface area contributed by atoms with Crippen molar-refractivity contribution < 1.29 is 19.1 Å². The van der Waals surface area contributed by atoms with Gasteiger partial charge in [-0.05, 0) is 23.6 Å². The maximum atomic E-state index is 12.5. The minimum absolute atomic E-state index is 0.0355. The lowest BCUT2D eigenvalue weighted by atomic mass is 9.76. The largest absolute Gasteiger partial charge is 0.468 e. The number of aromatic nitrogens is 2. The van der Waals surface area contributed by atoms with E-state index >= 15 is 0 Å². The number of benzene rings is 3. The fourth-order valence-corrected chi connectivity index (χ4v) is 4.66. The Morgan fingerprint density at radius 3 is 1.51 bits per heavy atom. The second-order valence-corrected chi connectivity index (χ2v) is 8.57. The highest BCUT2D eigenvalue weighted by Gasteiger charge is 2.45. The van der Waals surface area contributed by atoms with Gasteiger partial charge in [-0.15, -0.1) is 0 Å². The molecule has 35 heavy (non-hydrogen) atoms. The van der Waals surface area contributed by atoms with Crippen LogP contribution in [0.4, 0.5) is 0 Å². The molecule has 178 valence electrons. The monoisotopic (exact) mass is 468 g/mol. The number of esters is 2. The van der Waals surface area contributed by atoms with E-state index in [2.05, 4.69) is 41.4 Å². The van der Waals surface area contributed by atoms with Gasteiger partial charge in [-0.3, -0.25) is 9.59 Å². The zero-order valence-corrected chi connectivity index (χ0v) is 20.0. The van der Waals surface area contributed by atoms with Gasteiger partial charge in [0.05, 0.1) is 26.2 Å². The van der Waals surface area contributed by atoms with Gasteiger partial charge in [0.25, 0.3) is 0 Å². The van der Waals surface area contributed by atoms with E-state index in [0.29, 0.717) is 5.69 Å². The zero-order valence-electron chi connectivity index (χ0n) is 20.0. The summed E-state index contributed by atoms with van der Waals surface area (Å²) in [6.07, 6.45) is 3.67. The number of methoxy groups -OCH3 is 2. The smallest absolute Gasteiger partial charge is 0.323 e. The van der Waals surface area contributed by atoms with E-state index in [0.717, 1.165) is 16.7 Å². The third-order valence-electron chi connectivity index (χ3n) is 6.40. The summed E-state index contributed by atoms with van der Waals surface area (Å²) < 4.78 is 11.9. The summed E-state index contributed by atoms with van der Waals surface area (Å²) >= 11 is 0. The Kier molecular flexibility index (Phi) is 6.82. The van der Waals surface area contributed by atoms with Crippen LogP contribution in [-0.2, 0) is 31.0 Å². The molecule has 0 bridgehead atoms. The molecule has 6 nitrogen and oxygen atoms in total. The molecule has 6 heteroatoms. The molecule has 0 atom stereocenters. The first-order valence-corrected chi connectivity index (χ1v) is 11.3. The van der Waals surface area contributed by atoms with Crippen LogP contribution in [0.1, 0.15) is 29.3 Å². The van der Waals surface area contributed by atoms with Gasteiger partial charge in [0.2, 0.25) is 0 Å². The van der Waals surface area contributed by atoms with Crippen molar-refractivity contribution >= 4 is 11.9 Å². The summed E-state index contributed by atoms with van der Waals surface area (Å²) in [6, 6.07) is 30.6. The second kappa shape index (κ2) is 9.97. The third kappa shape index (κ3) is 4.23. The first-order chi connectivity index (χ1) is 17.0. The molecule has 0 fully saturated rings. The predicted molar refractivity (Wildman–Crippen MR) is 133 cm³/mol. The molecule has 0 aliphatic heterocycles. The summed E-state index contributed by atoms with van der Waals surface area (Å²) in [4.78, 5) is 29.7. The summed E-state index contributed by atoms with van der Waals surface area (Å²) in [5, 5.41) is 0. The average molecular weight is 469 g/mol. The van der Waals surface area contributed by atoms with Gasteiger partial charge in [0, 0.05) is 12.6 Å². The Bertz CT molecular complexity index is 1170. The molecule has 4 rings (SSSR count). The first-order valence-electron chi connectivity index (χ1n) is 11.3. The Balaban J connectivity index is 1.93.